The van der Waals surface area contributed by atoms with E-state index in [1.54, 1.807) is 0 Å². The van der Waals surface area contributed by atoms with Crippen molar-refractivity contribution < 1.29 is 8.42 Å². The average molecular weight is 246 g/mol. The Hall–Kier alpha value is -0.130. The SMILES string of the molecule is CC1(NCC2CCNCC2)CCS(=O)(=O)C1. The summed E-state index contributed by atoms with van der Waals surface area (Å²) in [5.41, 5.74) is -0.177. The van der Waals surface area contributed by atoms with Crippen LogP contribution in [0.2, 0.25) is 0 Å². The molecular formula is C11H22N2O2S. The van der Waals surface area contributed by atoms with Crippen LogP contribution >= 0.6 is 0 Å². The fourth-order valence-electron chi connectivity index (χ4n) is 2.63. The fraction of sp³-hybridized carbons (Fsp3) is 1.00. The first-order chi connectivity index (χ1) is 7.49. The third kappa shape index (κ3) is 3.18. The van der Waals surface area contributed by atoms with E-state index in [4.69, 9.17) is 0 Å². The van der Waals surface area contributed by atoms with Gasteiger partial charge in [0.1, 0.15) is 0 Å². The van der Waals surface area contributed by atoms with Gasteiger partial charge in [0.25, 0.3) is 0 Å². The van der Waals surface area contributed by atoms with E-state index in [2.05, 4.69) is 10.6 Å². The van der Waals surface area contributed by atoms with E-state index in [1.165, 1.54) is 12.8 Å². The lowest BCUT2D eigenvalue weighted by molar-refractivity contribution is 0.305. The van der Waals surface area contributed by atoms with Gasteiger partial charge < -0.3 is 10.6 Å². The van der Waals surface area contributed by atoms with Crippen molar-refractivity contribution in [2.45, 2.75) is 31.7 Å². The Morgan fingerprint density at radius 3 is 2.62 bits per heavy atom. The number of hydrogen-bond acceptors (Lipinski definition) is 4. The fourth-order valence-corrected chi connectivity index (χ4v) is 4.75. The molecule has 2 heterocycles. The lowest BCUT2D eigenvalue weighted by atomic mass is 9.95. The van der Waals surface area contributed by atoms with Crippen LogP contribution in [-0.2, 0) is 9.84 Å². The monoisotopic (exact) mass is 246 g/mol. The third-order valence-corrected chi connectivity index (χ3v) is 5.68. The molecular weight excluding hydrogens is 224 g/mol. The molecule has 0 radical (unpaired) electrons. The van der Waals surface area contributed by atoms with Gasteiger partial charge in [-0.2, -0.15) is 0 Å². The molecule has 2 saturated heterocycles. The van der Waals surface area contributed by atoms with Gasteiger partial charge in [-0.3, -0.25) is 0 Å². The maximum absolute atomic E-state index is 11.4. The molecule has 0 aromatic carbocycles. The van der Waals surface area contributed by atoms with E-state index in [0.717, 1.165) is 26.1 Å². The first kappa shape index (κ1) is 12.3. The van der Waals surface area contributed by atoms with Gasteiger partial charge in [-0.15, -0.1) is 0 Å². The van der Waals surface area contributed by atoms with Crippen molar-refractivity contribution in [3.63, 3.8) is 0 Å². The molecule has 0 aliphatic carbocycles. The summed E-state index contributed by atoms with van der Waals surface area (Å²) in [6.45, 7) is 5.20. The minimum Gasteiger partial charge on any atom is -0.317 e. The summed E-state index contributed by atoms with van der Waals surface area (Å²) in [5, 5.41) is 6.82. The Balaban J connectivity index is 1.81. The zero-order valence-corrected chi connectivity index (χ0v) is 10.8. The number of piperidine rings is 1. The van der Waals surface area contributed by atoms with E-state index in [9.17, 15) is 8.42 Å². The minimum atomic E-state index is -2.78. The third-order valence-electron chi connectivity index (χ3n) is 3.78. The van der Waals surface area contributed by atoms with Gasteiger partial charge in [-0.1, -0.05) is 0 Å². The van der Waals surface area contributed by atoms with E-state index in [0.29, 0.717) is 17.4 Å². The summed E-state index contributed by atoms with van der Waals surface area (Å²) in [4.78, 5) is 0. The van der Waals surface area contributed by atoms with Gasteiger partial charge in [0, 0.05) is 5.54 Å². The Morgan fingerprint density at radius 2 is 2.06 bits per heavy atom. The highest BCUT2D eigenvalue weighted by molar-refractivity contribution is 7.91. The van der Waals surface area contributed by atoms with E-state index in [-0.39, 0.29) is 5.54 Å². The van der Waals surface area contributed by atoms with Gasteiger partial charge in [0.05, 0.1) is 11.5 Å². The number of nitrogens with one attached hydrogen (secondary N) is 2. The van der Waals surface area contributed by atoms with Crippen LogP contribution in [0, 0.1) is 5.92 Å². The molecule has 0 saturated carbocycles. The smallest absolute Gasteiger partial charge is 0.152 e. The normalized spacial score (nSPS) is 35.3. The predicted molar refractivity (Wildman–Crippen MR) is 65.3 cm³/mol. The van der Waals surface area contributed by atoms with Crippen molar-refractivity contribution in [1.29, 1.82) is 0 Å². The molecule has 5 heteroatoms. The highest BCUT2D eigenvalue weighted by atomic mass is 32.2. The van der Waals surface area contributed by atoms with Crippen LogP contribution < -0.4 is 10.6 Å². The second kappa shape index (κ2) is 4.63. The first-order valence-corrected chi connectivity index (χ1v) is 7.97. The van der Waals surface area contributed by atoms with Gasteiger partial charge >= 0.3 is 0 Å². The molecule has 0 spiro atoms. The van der Waals surface area contributed by atoms with Crippen LogP contribution in [-0.4, -0.2) is 45.1 Å². The summed E-state index contributed by atoms with van der Waals surface area (Å²) < 4.78 is 22.9. The maximum Gasteiger partial charge on any atom is 0.152 e. The van der Waals surface area contributed by atoms with Crippen molar-refractivity contribution in [1.82, 2.24) is 10.6 Å². The Labute approximate surface area is 98.1 Å². The molecule has 0 aromatic rings. The van der Waals surface area contributed by atoms with Gasteiger partial charge in [-0.25, -0.2) is 8.42 Å². The molecule has 1 unspecified atom stereocenters. The van der Waals surface area contributed by atoms with Gasteiger partial charge in [0.2, 0.25) is 0 Å². The quantitative estimate of drug-likeness (QED) is 0.744. The molecule has 2 rings (SSSR count). The summed E-state index contributed by atoms with van der Waals surface area (Å²) in [6.07, 6.45) is 3.17. The predicted octanol–water partition coefficient (Wildman–Crippen LogP) is 0.153. The molecule has 1 atom stereocenters. The Kier molecular flexibility index (Phi) is 3.56. The summed E-state index contributed by atoms with van der Waals surface area (Å²) in [6, 6.07) is 0. The first-order valence-electron chi connectivity index (χ1n) is 6.15. The average Bonchev–Trinajstić information content (AvgIpc) is 2.53. The molecule has 2 fully saturated rings. The van der Waals surface area contributed by atoms with E-state index < -0.39 is 9.84 Å². The van der Waals surface area contributed by atoms with Crippen LogP contribution in [0.15, 0.2) is 0 Å². The molecule has 94 valence electrons. The number of hydrogen-bond donors (Lipinski definition) is 2. The lowest BCUT2D eigenvalue weighted by Crippen LogP contribution is -2.46. The molecule has 0 aromatic heterocycles. The summed E-state index contributed by atoms with van der Waals surface area (Å²) in [5.74, 6) is 1.37. The largest absolute Gasteiger partial charge is 0.317 e. The molecule has 2 N–H and O–H groups in total. The van der Waals surface area contributed by atoms with Crippen LogP contribution in [0.1, 0.15) is 26.2 Å². The maximum atomic E-state index is 11.4. The molecule has 2 aliphatic rings. The highest BCUT2D eigenvalue weighted by Crippen LogP contribution is 2.23. The Bertz CT molecular complexity index is 336. The highest BCUT2D eigenvalue weighted by Gasteiger charge is 2.38. The van der Waals surface area contributed by atoms with Crippen LogP contribution in [0.3, 0.4) is 0 Å². The summed E-state index contributed by atoms with van der Waals surface area (Å²) >= 11 is 0. The topological polar surface area (TPSA) is 58.2 Å². The second-order valence-electron chi connectivity index (χ2n) is 5.48. The summed E-state index contributed by atoms with van der Waals surface area (Å²) in [7, 11) is -2.78. The molecule has 16 heavy (non-hydrogen) atoms. The number of rotatable bonds is 3. The van der Waals surface area contributed by atoms with E-state index >= 15 is 0 Å². The standard InChI is InChI=1S/C11H22N2O2S/c1-11(4-7-16(14,15)9-11)13-8-10-2-5-12-6-3-10/h10,12-13H,2-9H2,1H3. The number of sulfone groups is 1. The zero-order chi connectivity index (χ0) is 11.6. The van der Waals surface area contributed by atoms with Crippen molar-refractivity contribution >= 4 is 9.84 Å². The van der Waals surface area contributed by atoms with Crippen molar-refractivity contribution in [3.05, 3.63) is 0 Å². The van der Waals surface area contributed by atoms with Crippen LogP contribution in [0.4, 0.5) is 0 Å². The van der Waals surface area contributed by atoms with Crippen molar-refractivity contribution in [2.24, 2.45) is 5.92 Å². The Morgan fingerprint density at radius 1 is 1.38 bits per heavy atom. The van der Waals surface area contributed by atoms with Crippen LogP contribution in [0.5, 0.6) is 0 Å². The van der Waals surface area contributed by atoms with Crippen molar-refractivity contribution in [2.75, 3.05) is 31.1 Å². The van der Waals surface area contributed by atoms with Gasteiger partial charge in [0.15, 0.2) is 9.84 Å². The van der Waals surface area contributed by atoms with Gasteiger partial charge in [-0.05, 0) is 51.7 Å². The molecule has 0 bridgehead atoms. The van der Waals surface area contributed by atoms with E-state index in [1.807, 2.05) is 6.92 Å². The lowest BCUT2D eigenvalue weighted by Gasteiger charge is -2.29. The molecule has 2 aliphatic heterocycles. The molecule has 0 amide bonds. The van der Waals surface area contributed by atoms with Crippen molar-refractivity contribution in [3.8, 4) is 0 Å². The zero-order valence-electron chi connectivity index (χ0n) is 9.96. The minimum absolute atomic E-state index is 0.177. The second-order valence-corrected chi connectivity index (χ2v) is 7.66. The molecule has 4 nitrogen and oxygen atoms in total. The van der Waals surface area contributed by atoms with Crippen LogP contribution in [0.25, 0.3) is 0 Å².